The van der Waals surface area contributed by atoms with Crippen molar-refractivity contribution in [2.24, 2.45) is 0 Å². The molecule has 0 radical (unpaired) electrons. The number of fused-ring (bicyclic) bond motifs is 1. The van der Waals surface area contributed by atoms with Crippen LogP contribution in [-0.4, -0.2) is 29.5 Å². The third-order valence-electron chi connectivity index (χ3n) is 4.83. The van der Waals surface area contributed by atoms with E-state index in [1.807, 2.05) is 11.3 Å². The number of aromatic nitrogens is 1. The molecule has 0 saturated carbocycles. The van der Waals surface area contributed by atoms with Crippen molar-refractivity contribution in [2.45, 2.75) is 25.2 Å². The van der Waals surface area contributed by atoms with E-state index in [-0.39, 0.29) is 0 Å². The number of benzene rings is 1. The summed E-state index contributed by atoms with van der Waals surface area (Å²) in [6, 6.07) is 15.4. The van der Waals surface area contributed by atoms with Crippen LogP contribution in [0, 0.1) is 0 Å². The van der Waals surface area contributed by atoms with Crippen LogP contribution < -0.4 is 0 Å². The predicted octanol–water partition coefficient (Wildman–Crippen LogP) is 4.65. The Morgan fingerprint density at radius 3 is 2.73 bits per heavy atom. The standard InChI is InChI=1S/C19H22N2S/c1-2-6-18-16(4-1)14-19(20-18)15-7-10-21(11-8-15)12-9-17-5-3-13-22-17/h1-6,13-15,20H,7-12H2. The van der Waals surface area contributed by atoms with Gasteiger partial charge in [0.25, 0.3) is 0 Å². The molecule has 1 aliphatic heterocycles. The molecule has 0 spiro atoms. The molecule has 1 saturated heterocycles. The Labute approximate surface area is 135 Å². The van der Waals surface area contributed by atoms with Gasteiger partial charge in [-0.05, 0) is 61.3 Å². The minimum atomic E-state index is 0.699. The van der Waals surface area contributed by atoms with E-state index in [0.717, 1.165) is 0 Å². The maximum absolute atomic E-state index is 3.62. The Balaban J connectivity index is 1.35. The second-order valence-electron chi connectivity index (χ2n) is 6.26. The number of nitrogens with one attached hydrogen (secondary N) is 1. The molecule has 0 bridgehead atoms. The van der Waals surface area contributed by atoms with Crippen molar-refractivity contribution >= 4 is 22.2 Å². The molecular weight excluding hydrogens is 288 g/mol. The largest absolute Gasteiger partial charge is 0.358 e. The lowest BCUT2D eigenvalue weighted by Crippen LogP contribution is -2.34. The van der Waals surface area contributed by atoms with Crippen molar-refractivity contribution in [2.75, 3.05) is 19.6 Å². The minimum absolute atomic E-state index is 0.699. The Morgan fingerprint density at radius 2 is 1.95 bits per heavy atom. The van der Waals surface area contributed by atoms with Gasteiger partial charge in [0.05, 0.1) is 0 Å². The zero-order valence-electron chi connectivity index (χ0n) is 12.8. The first-order chi connectivity index (χ1) is 10.9. The quantitative estimate of drug-likeness (QED) is 0.743. The molecule has 2 nitrogen and oxygen atoms in total. The van der Waals surface area contributed by atoms with Crippen LogP contribution in [0.2, 0.25) is 0 Å². The number of hydrogen-bond acceptors (Lipinski definition) is 2. The molecule has 4 rings (SSSR count). The molecule has 1 aliphatic rings. The molecule has 2 aromatic heterocycles. The Morgan fingerprint density at radius 1 is 1.09 bits per heavy atom. The van der Waals surface area contributed by atoms with Gasteiger partial charge in [0.1, 0.15) is 0 Å². The summed E-state index contributed by atoms with van der Waals surface area (Å²) in [6.07, 6.45) is 3.75. The number of hydrogen-bond donors (Lipinski definition) is 1. The van der Waals surface area contributed by atoms with E-state index in [4.69, 9.17) is 0 Å². The lowest BCUT2D eigenvalue weighted by molar-refractivity contribution is 0.214. The molecule has 3 heteroatoms. The molecule has 114 valence electrons. The summed E-state index contributed by atoms with van der Waals surface area (Å²) >= 11 is 1.88. The maximum Gasteiger partial charge on any atom is 0.0456 e. The van der Waals surface area contributed by atoms with Gasteiger partial charge in [-0.1, -0.05) is 24.3 Å². The Hall–Kier alpha value is -1.58. The zero-order chi connectivity index (χ0) is 14.8. The van der Waals surface area contributed by atoms with Crippen LogP contribution in [0.15, 0.2) is 47.8 Å². The van der Waals surface area contributed by atoms with Crippen LogP contribution in [-0.2, 0) is 6.42 Å². The lowest BCUT2D eigenvalue weighted by Gasteiger charge is -2.31. The fourth-order valence-electron chi connectivity index (χ4n) is 3.51. The van der Waals surface area contributed by atoms with Gasteiger partial charge in [-0.15, -0.1) is 11.3 Å². The number of nitrogens with zero attached hydrogens (tertiary/aromatic N) is 1. The number of thiophene rings is 1. The van der Waals surface area contributed by atoms with Crippen molar-refractivity contribution in [1.29, 1.82) is 0 Å². The summed E-state index contributed by atoms with van der Waals surface area (Å²) in [5.74, 6) is 0.699. The van der Waals surface area contributed by atoms with Gasteiger partial charge >= 0.3 is 0 Å². The molecule has 1 N–H and O–H groups in total. The molecule has 0 unspecified atom stereocenters. The van der Waals surface area contributed by atoms with E-state index in [1.54, 1.807) is 0 Å². The summed E-state index contributed by atoms with van der Waals surface area (Å²) < 4.78 is 0. The Kier molecular flexibility index (Phi) is 4.00. The summed E-state index contributed by atoms with van der Waals surface area (Å²) in [5.41, 5.74) is 2.71. The van der Waals surface area contributed by atoms with E-state index in [0.29, 0.717) is 5.92 Å². The highest BCUT2D eigenvalue weighted by molar-refractivity contribution is 7.09. The van der Waals surface area contributed by atoms with Crippen LogP contribution in [0.3, 0.4) is 0 Å². The monoisotopic (exact) mass is 310 g/mol. The highest BCUT2D eigenvalue weighted by atomic mass is 32.1. The summed E-state index contributed by atoms with van der Waals surface area (Å²) in [7, 11) is 0. The minimum Gasteiger partial charge on any atom is -0.358 e. The smallest absolute Gasteiger partial charge is 0.0456 e. The second kappa shape index (κ2) is 6.27. The van der Waals surface area contributed by atoms with Gasteiger partial charge in [0, 0.05) is 28.6 Å². The first kappa shape index (κ1) is 14.0. The molecular formula is C19H22N2S. The fourth-order valence-corrected chi connectivity index (χ4v) is 4.20. The zero-order valence-corrected chi connectivity index (χ0v) is 13.6. The highest BCUT2D eigenvalue weighted by Crippen LogP contribution is 2.30. The summed E-state index contributed by atoms with van der Waals surface area (Å²) in [5, 5.41) is 3.52. The molecule has 0 amide bonds. The van der Waals surface area contributed by atoms with Crippen molar-refractivity contribution in [3.05, 3.63) is 58.4 Å². The van der Waals surface area contributed by atoms with E-state index >= 15 is 0 Å². The third-order valence-corrected chi connectivity index (χ3v) is 5.77. The van der Waals surface area contributed by atoms with E-state index in [2.05, 4.69) is 57.7 Å². The maximum atomic E-state index is 3.62. The van der Waals surface area contributed by atoms with E-state index in [9.17, 15) is 0 Å². The van der Waals surface area contributed by atoms with Crippen molar-refractivity contribution in [3.8, 4) is 0 Å². The number of H-pyrrole nitrogens is 1. The second-order valence-corrected chi connectivity index (χ2v) is 7.29. The van der Waals surface area contributed by atoms with E-state index < -0.39 is 0 Å². The van der Waals surface area contributed by atoms with Crippen LogP contribution in [0.25, 0.3) is 10.9 Å². The van der Waals surface area contributed by atoms with Gasteiger partial charge in [-0.2, -0.15) is 0 Å². The number of para-hydroxylation sites is 1. The van der Waals surface area contributed by atoms with Crippen LogP contribution in [0.1, 0.15) is 29.3 Å². The Bertz CT molecular complexity index is 688. The van der Waals surface area contributed by atoms with E-state index in [1.165, 1.54) is 60.4 Å². The molecule has 3 heterocycles. The van der Waals surface area contributed by atoms with Crippen LogP contribution in [0.4, 0.5) is 0 Å². The average molecular weight is 310 g/mol. The third kappa shape index (κ3) is 2.96. The number of likely N-dealkylation sites (tertiary alicyclic amines) is 1. The van der Waals surface area contributed by atoms with Crippen molar-refractivity contribution in [1.82, 2.24) is 9.88 Å². The van der Waals surface area contributed by atoms with Crippen LogP contribution >= 0.6 is 11.3 Å². The number of rotatable bonds is 4. The number of aromatic amines is 1. The molecule has 1 fully saturated rings. The molecule has 1 aromatic carbocycles. The predicted molar refractivity (Wildman–Crippen MR) is 94.7 cm³/mol. The first-order valence-corrected chi connectivity index (χ1v) is 9.09. The molecule has 0 aliphatic carbocycles. The van der Waals surface area contributed by atoms with Gasteiger partial charge in [0.15, 0.2) is 0 Å². The SMILES string of the molecule is c1csc(CCN2CCC(c3cc4ccccc4[nH]3)CC2)c1. The average Bonchev–Trinajstić information content (AvgIpc) is 3.22. The van der Waals surface area contributed by atoms with Crippen molar-refractivity contribution in [3.63, 3.8) is 0 Å². The number of piperidine rings is 1. The normalized spacial score (nSPS) is 17.3. The van der Waals surface area contributed by atoms with Gasteiger partial charge in [-0.3, -0.25) is 0 Å². The van der Waals surface area contributed by atoms with Crippen molar-refractivity contribution < 1.29 is 0 Å². The molecule has 3 aromatic rings. The molecule has 22 heavy (non-hydrogen) atoms. The van der Waals surface area contributed by atoms with Gasteiger partial charge in [-0.25, -0.2) is 0 Å². The molecule has 0 atom stereocenters. The topological polar surface area (TPSA) is 19.0 Å². The highest BCUT2D eigenvalue weighted by Gasteiger charge is 2.21. The fraction of sp³-hybridized carbons (Fsp3) is 0.368. The van der Waals surface area contributed by atoms with Gasteiger partial charge in [0.2, 0.25) is 0 Å². The van der Waals surface area contributed by atoms with Gasteiger partial charge < -0.3 is 9.88 Å². The summed E-state index contributed by atoms with van der Waals surface area (Å²) in [6.45, 7) is 3.66. The lowest BCUT2D eigenvalue weighted by atomic mass is 9.93. The summed E-state index contributed by atoms with van der Waals surface area (Å²) in [4.78, 5) is 7.75. The first-order valence-electron chi connectivity index (χ1n) is 8.21. The van der Waals surface area contributed by atoms with Crippen LogP contribution in [0.5, 0.6) is 0 Å².